The molecule has 2 unspecified atom stereocenters. The summed E-state index contributed by atoms with van der Waals surface area (Å²) in [6.07, 6.45) is 4.84. The number of hydrogen-bond donors (Lipinski definition) is 1. The van der Waals surface area contributed by atoms with Gasteiger partial charge in [0.25, 0.3) is 0 Å². The Balaban J connectivity index is 2.28. The molecule has 0 amide bonds. The first kappa shape index (κ1) is 14.4. The molecule has 1 aromatic rings. The Labute approximate surface area is 116 Å². The fourth-order valence-corrected chi connectivity index (χ4v) is 3.31. The third kappa shape index (κ3) is 2.77. The van der Waals surface area contributed by atoms with Crippen LogP contribution in [-0.4, -0.2) is 32.3 Å². The number of aryl methyl sites for hydroxylation is 1. The lowest BCUT2D eigenvalue weighted by Gasteiger charge is -2.47. The summed E-state index contributed by atoms with van der Waals surface area (Å²) in [5.41, 5.74) is 8.76. The first-order valence-electron chi connectivity index (χ1n) is 7.15. The standard InChI is InChI=1S/C16H26N2O/c1-13-7-4-5-9-15(13)18(2)16(12-17)10-6-8-14(11-16)19-3/h4-5,7,9,14H,6,8,10-12,17H2,1-3H3. The summed E-state index contributed by atoms with van der Waals surface area (Å²) in [5.74, 6) is 0. The monoisotopic (exact) mass is 262 g/mol. The molecule has 19 heavy (non-hydrogen) atoms. The minimum absolute atomic E-state index is 0.0328. The molecule has 106 valence electrons. The summed E-state index contributed by atoms with van der Waals surface area (Å²) in [7, 11) is 3.98. The van der Waals surface area contributed by atoms with Crippen LogP contribution in [-0.2, 0) is 4.74 Å². The van der Waals surface area contributed by atoms with Crippen molar-refractivity contribution in [2.75, 3.05) is 25.6 Å². The second-order valence-corrected chi connectivity index (χ2v) is 5.73. The molecule has 0 aliphatic heterocycles. The van der Waals surface area contributed by atoms with E-state index in [4.69, 9.17) is 10.5 Å². The Morgan fingerprint density at radius 3 is 2.79 bits per heavy atom. The SMILES string of the molecule is COC1CCCC(CN)(N(C)c2ccccc2C)C1. The van der Waals surface area contributed by atoms with Crippen molar-refractivity contribution >= 4 is 5.69 Å². The third-order valence-electron chi connectivity index (χ3n) is 4.68. The Morgan fingerprint density at radius 2 is 2.16 bits per heavy atom. The predicted molar refractivity (Wildman–Crippen MR) is 80.6 cm³/mol. The van der Waals surface area contributed by atoms with E-state index in [1.54, 1.807) is 0 Å². The van der Waals surface area contributed by atoms with Crippen LogP contribution in [0, 0.1) is 6.92 Å². The fourth-order valence-electron chi connectivity index (χ4n) is 3.31. The van der Waals surface area contributed by atoms with Crippen molar-refractivity contribution in [3.8, 4) is 0 Å². The molecular formula is C16H26N2O. The van der Waals surface area contributed by atoms with Crippen molar-refractivity contribution in [3.63, 3.8) is 0 Å². The first-order valence-corrected chi connectivity index (χ1v) is 7.15. The van der Waals surface area contributed by atoms with E-state index < -0.39 is 0 Å². The van der Waals surface area contributed by atoms with Crippen LogP contribution in [0.15, 0.2) is 24.3 Å². The van der Waals surface area contributed by atoms with E-state index in [0.717, 1.165) is 19.3 Å². The predicted octanol–water partition coefficient (Wildman–Crippen LogP) is 2.72. The molecule has 1 saturated carbocycles. The van der Waals surface area contributed by atoms with Crippen LogP contribution in [0.2, 0.25) is 0 Å². The van der Waals surface area contributed by atoms with Gasteiger partial charge in [-0.1, -0.05) is 18.2 Å². The quantitative estimate of drug-likeness (QED) is 0.906. The Bertz CT molecular complexity index is 421. The molecule has 0 saturated heterocycles. The van der Waals surface area contributed by atoms with Gasteiger partial charge in [-0.25, -0.2) is 0 Å². The van der Waals surface area contributed by atoms with Crippen molar-refractivity contribution in [2.24, 2.45) is 5.73 Å². The maximum absolute atomic E-state index is 6.15. The van der Waals surface area contributed by atoms with Crippen LogP contribution >= 0.6 is 0 Å². The van der Waals surface area contributed by atoms with E-state index in [0.29, 0.717) is 12.6 Å². The molecule has 1 aliphatic rings. The lowest BCUT2D eigenvalue weighted by atomic mass is 9.78. The van der Waals surface area contributed by atoms with Crippen molar-refractivity contribution in [1.82, 2.24) is 0 Å². The minimum Gasteiger partial charge on any atom is -0.381 e. The van der Waals surface area contributed by atoms with Crippen LogP contribution in [0.25, 0.3) is 0 Å². The number of methoxy groups -OCH3 is 1. The average molecular weight is 262 g/mol. The molecule has 0 heterocycles. The normalized spacial score (nSPS) is 27.3. The number of nitrogens with zero attached hydrogens (tertiary/aromatic N) is 1. The van der Waals surface area contributed by atoms with E-state index in [2.05, 4.69) is 43.1 Å². The smallest absolute Gasteiger partial charge is 0.0594 e. The average Bonchev–Trinajstić information content (AvgIpc) is 2.47. The number of para-hydroxylation sites is 1. The Hall–Kier alpha value is -1.06. The van der Waals surface area contributed by atoms with Gasteiger partial charge in [0.1, 0.15) is 0 Å². The number of nitrogens with two attached hydrogens (primary N) is 1. The molecule has 2 rings (SSSR count). The highest BCUT2D eigenvalue weighted by Crippen LogP contribution is 2.37. The maximum atomic E-state index is 6.15. The van der Waals surface area contributed by atoms with Gasteiger partial charge < -0.3 is 15.4 Å². The Morgan fingerprint density at radius 1 is 1.42 bits per heavy atom. The molecule has 0 bridgehead atoms. The number of hydrogen-bond acceptors (Lipinski definition) is 3. The van der Waals surface area contributed by atoms with E-state index >= 15 is 0 Å². The fraction of sp³-hybridized carbons (Fsp3) is 0.625. The molecule has 0 aromatic heterocycles. The van der Waals surface area contributed by atoms with Crippen molar-refractivity contribution < 1.29 is 4.74 Å². The molecule has 0 spiro atoms. The van der Waals surface area contributed by atoms with E-state index in [-0.39, 0.29) is 5.54 Å². The molecule has 3 nitrogen and oxygen atoms in total. The van der Waals surface area contributed by atoms with Gasteiger partial charge in [-0.05, 0) is 44.2 Å². The molecule has 3 heteroatoms. The second kappa shape index (κ2) is 5.93. The Kier molecular flexibility index (Phi) is 4.48. The highest BCUT2D eigenvalue weighted by molar-refractivity contribution is 5.54. The van der Waals surface area contributed by atoms with E-state index in [9.17, 15) is 0 Å². The first-order chi connectivity index (χ1) is 9.13. The summed E-state index contributed by atoms with van der Waals surface area (Å²) in [6.45, 7) is 2.84. The molecular weight excluding hydrogens is 236 g/mol. The van der Waals surface area contributed by atoms with Crippen molar-refractivity contribution in [1.29, 1.82) is 0 Å². The summed E-state index contributed by atoms with van der Waals surface area (Å²) in [6, 6.07) is 8.52. The number of anilines is 1. The molecule has 1 aromatic carbocycles. The van der Waals surface area contributed by atoms with Crippen molar-refractivity contribution in [3.05, 3.63) is 29.8 Å². The van der Waals surface area contributed by atoms with Crippen molar-refractivity contribution in [2.45, 2.75) is 44.2 Å². The van der Waals surface area contributed by atoms with Gasteiger partial charge in [0.15, 0.2) is 0 Å². The number of benzene rings is 1. The molecule has 2 atom stereocenters. The third-order valence-corrected chi connectivity index (χ3v) is 4.68. The van der Waals surface area contributed by atoms with Gasteiger partial charge in [0.2, 0.25) is 0 Å². The van der Waals surface area contributed by atoms with Gasteiger partial charge in [0.05, 0.1) is 11.6 Å². The topological polar surface area (TPSA) is 38.5 Å². The highest BCUT2D eigenvalue weighted by Gasteiger charge is 2.39. The highest BCUT2D eigenvalue weighted by atomic mass is 16.5. The van der Waals surface area contributed by atoms with Crippen LogP contribution < -0.4 is 10.6 Å². The van der Waals surface area contributed by atoms with Gasteiger partial charge in [0, 0.05) is 26.4 Å². The summed E-state index contributed by atoms with van der Waals surface area (Å²) in [4.78, 5) is 2.38. The molecule has 0 radical (unpaired) electrons. The summed E-state index contributed by atoms with van der Waals surface area (Å²) < 4.78 is 5.58. The lowest BCUT2D eigenvalue weighted by Crippen LogP contribution is -2.56. The van der Waals surface area contributed by atoms with Gasteiger partial charge in [-0.15, -0.1) is 0 Å². The van der Waals surface area contributed by atoms with Crippen LogP contribution in [0.3, 0.4) is 0 Å². The second-order valence-electron chi connectivity index (χ2n) is 5.73. The van der Waals surface area contributed by atoms with Gasteiger partial charge >= 0.3 is 0 Å². The molecule has 1 aliphatic carbocycles. The molecule has 2 N–H and O–H groups in total. The largest absolute Gasteiger partial charge is 0.381 e. The minimum atomic E-state index is 0.0328. The van der Waals surface area contributed by atoms with E-state index in [1.165, 1.54) is 17.7 Å². The van der Waals surface area contributed by atoms with Gasteiger partial charge in [-0.3, -0.25) is 0 Å². The van der Waals surface area contributed by atoms with Gasteiger partial charge in [-0.2, -0.15) is 0 Å². The van der Waals surface area contributed by atoms with Crippen LogP contribution in [0.5, 0.6) is 0 Å². The zero-order chi connectivity index (χ0) is 13.9. The summed E-state index contributed by atoms with van der Waals surface area (Å²) >= 11 is 0. The summed E-state index contributed by atoms with van der Waals surface area (Å²) in [5, 5.41) is 0. The zero-order valence-corrected chi connectivity index (χ0v) is 12.4. The van der Waals surface area contributed by atoms with E-state index in [1.807, 2.05) is 7.11 Å². The number of rotatable bonds is 4. The maximum Gasteiger partial charge on any atom is 0.0594 e. The molecule has 1 fully saturated rings. The zero-order valence-electron chi connectivity index (χ0n) is 12.4. The van der Waals surface area contributed by atoms with Crippen LogP contribution in [0.1, 0.15) is 31.2 Å². The van der Waals surface area contributed by atoms with Crippen LogP contribution in [0.4, 0.5) is 5.69 Å². The number of ether oxygens (including phenoxy) is 1. The number of likely N-dealkylation sites (N-methyl/N-ethyl adjacent to an activating group) is 1. The lowest BCUT2D eigenvalue weighted by molar-refractivity contribution is 0.0422.